The maximum Gasteiger partial charge on any atom is 0.326 e. The lowest BCUT2D eigenvalue weighted by atomic mass is 10.2. The predicted octanol–water partition coefficient (Wildman–Crippen LogP) is -2.81. The van der Waals surface area contributed by atoms with Crippen LogP contribution in [0.1, 0.15) is 6.42 Å². The Balaban J connectivity index is 4.15. The third kappa shape index (κ3) is 4.17. The van der Waals surface area contributed by atoms with E-state index < -0.39 is 24.0 Å². The number of carboxylic acid groups (broad SMARTS) is 1. The van der Waals surface area contributed by atoms with Crippen LogP contribution in [0.3, 0.4) is 0 Å². The van der Waals surface area contributed by atoms with Crippen molar-refractivity contribution in [1.29, 1.82) is 0 Å². The molecule has 0 bridgehead atoms. The first-order valence-corrected chi connectivity index (χ1v) is 4.21. The van der Waals surface area contributed by atoms with Crippen LogP contribution in [0.5, 0.6) is 0 Å². The van der Waals surface area contributed by atoms with Gasteiger partial charge in [-0.25, -0.2) is 4.79 Å². The van der Waals surface area contributed by atoms with Gasteiger partial charge < -0.3 is 27.6 Å². The molecular formula is C7H16N4O3. The van der Waals surface area contributed by atoms with Crippen molar-refractivity contribution in [1.82, 2.24) is 5.32 Å². The van der Waals surface area contributed by atoms with Gasteiger partial charge in [0.15, 0.2) is 0 Å². The minimum absolute atomic E-state index is 0.0270. The average molecular weight is 204 g/mol. The maximum atomic E-state index is 11.1. The Morgan fingerprint density at radius 1 is 1.36 bits per heavy atom. The summed E-state index contributed by atoms with van der Waals surface area (Å²) in [5.74, 6) is -1.71. The molecule has 0 heterocycles. The molecule has 7 nitrogen and oxygen atoms in total. The number of amides is 1. The van der Waals surface area contributed by atoms with Gasteiger partial charge in [-0.2, -0.15) is 0 Å². The molecule has 7 heteroatoms. The summed E-state index contributed by atoms with van der Waals surface area (Å²) in [6.45, 7) is 0.149. The molecule has 0 aliphatic rings. The molecule has 0 fully saturated rings. The van der Waals surface area contributed by atoms with Gasteiger partial charge >= 0.3 is 5.97 Å². The third-order valence-electron chi connectivity index (χ3n) is 1.66. The highest BCUT2D eigenvalue weighted by molar-refractivity contribution is 5.86. The summed E-state index contributed by atoms with van der Waals surface area (Å²) >= 11 is 0. The van der Waals surface area contributed by atoms with E-state index in [1.54, 1.807) is 0 Å². The van der Waals surface area contributed by atoms with Crippen molar-refractivity contribution >= 4 is 11.9 Å². The third-order valence-corrected chi connectivity index (χ3v) is 1.66. The molecule has 0 saturated heterocycles. The van der Waals surface area contributed by atoms with Crippen molar-refractivity contribution in [3.8, 4) is 0 Å². The average Bonchev–Trinajstić information content (AvgIpc) is 2.15. The Hall–Kier alpha value is -1.18. The monoisotopic (exact) mass is 204 g/mol. The Morgan fingerprint density at radius 2 is 1.93 bits per heavy atom. The number of carboxylic acids is 1. The van der Waals surface area contributed by atoms with Gasteiger partial charge in [0, 0.05) is 6.54 Å². The van der Waals surface area contributed by atoms with Gasteiger partial charge in [0.1, 0.15) is 6.04 Å². The topological polar surface area (TPSA) is 144 Å². The zero-order chi connectivity index (χ0) is 11.1. The standard InChI is InChI=1S/C7H16N4O3/c8-2-1-5(7(13)14)11-6(12)4(10)3-9/h4-5H,1-3,8-10H2,(H,11,12)(H,13,14)/t4-,5?/m0/s1. The Kier molecular flexibility index (Phi) is 5.77. The number of carbonyl (C=O) groups excluding carboxylic acids is 1. The fraction of sp³-hybridized carbons (Fsp3) is 0.714. The molecule has 0 aliphatic carbocycles. The van der Waals surface area contributed by atoms with E-state index >= 15 is 0 Å². The Bertz CT molecular complexity index is 209. The molecular weight excluding hydrogens is 188 g/mol. The van der Waals surface area contributed by atoms with Gasteiger partial charge in [-0.05, 0) is 13.0 Å². The van der Waals surface area contributed by atoms with Crippen molar-refractivity contribution in [3.63, 3.8) is 0 Å². The van der Waals surface area contributed by atoms with Crippen molar-refractivity contribution in [2.45, 2.75) is 18.5 Å². The van der Waals surface area contributed by atoms with Crippen LogP contribution in [0.15, 0.2) is 0 Å². The predicted molar refractivity (Wildman–Crippen MR) is 50.3 cm³/mol. The van der Waals surface area contributed by atoms with Crippen LogP contribution in [0.25, 0.3) is 0 Å². The molecule has 1 unspecified atom stereocenters. The number of hydrogen-bond donors (Lipinski definition) is 5. The molecule has 0 spiro atoms. The summed E-state index contributed by atoms with van der Waals surface area (Å²) in [4.78, 5) is 21.7. The molecule has 0 aromatic rings. The normalized spacial score (nSPS) is 14.5. The quantitative estimate of drug-likeness (QED) is 0.316. The van der Waals surface area contributed by atoms with E-state index in [9.17, 15) is 9.59 Å². The molecule has 82 valence electrons. The molecule has 0 aromatic carbocycles. The van der Waals surface area contributed by atoms with Crippen molar-refractivity contribution in [2.75, 3.05) is 13.1 Å². The van der Waals surface area contributed by atoms with Crippen LogP contribution in [0, 0.1) is 0 Å². The number of aliphatic carboxylic acids is 1. The molecule has 0 aliphatic heterocycles. The molecule has 14 heavy (non-hydrogen) atoms. The summed E-state index contributed by atoms with van der Waals surface area (Å²) in [7, 11) is 0. The van der Waals surface area contributed by atoms with Crippen molar-refractivity contribution in [3.05, 3.63) is 0 Å². The van der Waals surface area contributed by atoms with Crippen LogP contribution >= 0.6 is 0 Å². The highest BCUT2D eigenvalue weighted by atomic mass is 16.4. The van der Waals surface area contributed by atoms with E-state index in [1.807, 2.05) is 0 Å². The first-order valence-electron chi connectivity index (χ1n) is 4.21. The summed E-state index contributed by atoms with van der Waals surface area (Å²) in [6.07, 6.45) is 0.165. The fourth-order valence-electron chi connectivity index (χ4n) is 0.810. The lowest BCUT2D eigenvalue weighted by molar-refractivity contribution is -0.142. The van der Waals surface area contributed by atoms with Gasteiger partial charge in [0.2, 0.25) is 5.91 Å². The van der Waals surface area contributed by atoms with Crippen LogP contribution in [-0.4, -0.2) is 42.2 Å². The van der Waals surface area contributed by atoms with Crippen LogP contribution in [-0.2, 0) is 9.59 Å². The zero-order valence-corrected chi connectivity index (χ0v) is 7.77. The van der Waals surface area contributed by atoms with Crippen molar-refractivity contribution in [2.24, 2.45) is 17.2 Å². The number of nitrogens with one attached hydrogen (secondary N) is 1. The summed E-state index contributed by atoms with van der Waals surface area (Å²) in [5.41, 5.74) is 15.6. The van der Waals surface area contributed by atoms with E-state index in [1.165, 1.54) is 0 Å². The number of nitrogens with two attached hydrogens (primary N) is 3. The van der Waals surface area contributed by atoms with Crippen LogP contribution in [0.2, 0.25) is 0 Å². The molecule has 0 aromatic heterocycles. The van der Waals surface area contributed by atoms with E-state index in [0.29, 0.717) is 0 Å². The number of rotatable bonds is 6. The lowest BCUT2D eigenvalue weighted by Gasteiger charge is -2.15. The van der Waals surface area contributed by atoms with Crippen LogP contribution < -0.4 is 22.5 Å². The SMILES string of the molecule is NCCC(NC(=O)[C@@H](N)CN)C(=O)O. The Morgan fingerprint density at radius 3 is 2.29 bits per heavy atom. The summed E-state index contributed by atoms with van der Waals surface area (Å²) in [5, 5.41) is 10.9. The smallest absolute Gasteiger partial charge is 0.326 e. The first kappa shape index (κ1) is 12.8. The van der Waals surface area contributed by atoms with Gasteiger partial charge in [0.05, 0.1) is 6.04 Å². The summed E-state index contributed by atoms with van der Waals surface area (Å²) in [6, 6.07) is -1.88. The first-order chi connectivity index (χ1) is 6.52. The minimum atomic E-state index is -1.13. The maximum absolute atomic E-state index is 11.1. The second kappa shape index (κ2) is 6.30. The highest BCUT2D eigenvalue weighted by Gasteiger charge is 2.21. The van der Waals surface area contributed by atoms with Crippen LogP contribution in [0.4, 0.5) is 0 Å². The molecule has 8 N–H and O–H groups in total. The molecule has 0 saturated carbocycles. The number of hydrogen-bond acceptors (Lipinski definition) is 5. The molecule has 0 radical (unpaired) electrons. The second-order valence-electron chi connectivity index (χ2n) is 2.82. The number of carbonyl (C=O) groups is 2. The van der Waals surface area contributed by atoms with Gasteiger partial charge in [-0.3, -0.25) is 4.79 Å². The molecule has 1 amide bonds. The fourth-order valence-corrected chi connectivity index (χ4v) is 0.810. The molecule has 2 atom stereocenters. The van der Waals surface area contributed by atoms with Gasteiger partial charge in [0.25, 0.3) is 0 Å². The van der Waals surface area contributed by atoms with Crippen molar-refractivity contribution < 1.29 is 14.7 Å². The summed E-state index contributed by atoms with van der Waals surface area (Å²) < 4.78 is 0. The van der Waals surface area contributed by atoms with E-state index in [2.05, 4.69) is 5.32 Å². The Labute approximate surface area is 81.6 Å². The van der Waals surface area contributed by atoms with Gasteiger partial charge in [-0.1, -0.05) is 0 Å². The minimum Gasteiger partial charge on any atom is -0.480 e. The van der Waals surface area contributed by atoms with E-state index in [4.69, 9.17) is 22.3 Å². The second-order valence-corrected chi connectivity index (χ2v) is 2.82. The lowest BCUT2D eigenvalue weighted by Crippen LogP contribution is -2.51. The van der Waals surface area contributed by atoms with E-state index in [-0.39, 0.29) is 19.5 Å². The van der Waals surface area contributed by atoms with E-state index in [0.717, 1.165) is 0 Å². The zero-order valence-electron chi connectivity index (χ0n) is 7.77. The molecule has 0 rings (SSSR count). The largest absolute Gasteiger partial charge is 0.480 e. The highest BCUT2D eigenvalue weighted by Crippen LogP contribution is 1.91. The van der Waals surface area contributed by atoms with Gasteiger partial charge in [-0.15, -0.1) is 0 Å².